The molecule has 0 aromatic rings. The van der Waals surface area contributed by atoms with E-state index in [1.54, 1.807) is 6.92 Å². The van der Waals surface area contributed by atoms with Crippen molar-refractivity contribution in [2.24, 2.45) is 11.3 Å². The number of rotatable bonds is 0. The highest BCUT2D eigenvalue weighted by molar-refractivity contribution is 5.92. The second kappa shape index (κ2) is 3.47. The van der Waals surface area contributed by atoms with Gasteiger partial charge >= 0.3 is 5.97 Å². The molecule has 2 fully saturated rings. The van der Waals surface area contributed by atoms with E-state index in [4.69, 9.17) is 4.74 Å². The Morgan fingerprint density at radius 2 is 2.22 bits per heavy atom. The van der Waals surface area contributed by atoms with Gasteiger partial charge in [-0.1, -0.05) is 19.1 Å². The topological polar surface area (TPSA) is 46.5 Å². The second-order valence-electron chi connectivity index (χ2n) is 6.38. The number of hydrogen-bond acceptors (Lipinski definition) is 3. The van der Waals surface area contributed by atoms with Gasteiger partial charge in [-0.3, -0.25) is 0 Å². The molecule has 3 heteroatoms. The van der Waals surface area contributed by atoms with Gasteiger partial charge in [0.1, 0.15) is 0 Å². The summed E-state index contributed by atoms with van der Waals surface area (Å²) in [4.78, 5) is 11.7. The largest absolute Gasteiger partial charge is 0.426 e. The molecule has 0 spiro atoms. The van der Waals surface area contributed by atoms with Gasteiger partial charge in [-0.15, -0.1) is 0 Å². The maximum atomic E-state index is 11.7. The maximum absolute atomic E-state index is 11.7. The predicted molar refractivity (Wildman–Crippen MR) is 67.6 cm³/mol. The maximum Gasteiger partial charge on any atom is 0.336 e. The van der Waals surface area contributed by atoms with Crippen LogP contribution in [0.1, 0.15) is 46.0 Å². The van der Waals surface area contributed by atoms with Gasteiger partial charge in [0.25, 0.3) is 0 Å². The van der Waals surface area contributed by atoms with Crippen LogP contribution in [0.15, 0.2) is 23.3 Å². The lowest BCUT2D eigenvalue weighted by Gasteiger charge is -2.50. The fourth-order valence-corrected chi connectivity index (χ4v) is 4.08. The minimum absolute atomic E-state index is 0.0124. The molecule has 3 rings (SSSR count). The fourth-order valence-electron chi connectivity index (χ4n) is 4.08. The van der Waals surface area contributed by atoms with E-state index in [1.807, 2.05) is 0 Å². The van der Waals surface area contributed by atoms with Crippen LogP contribution in [0.25, 0.3) is 0 Å². The Labute approximate surface area is 108 Å². The van der Waals surface area contributed by atoms with Crippen molar-refractivity contribution in [3.63, 3.8) is 0 Å². The number of carbonyl (C=O) groups is 1. The average molecular weight is 248 g/mol. The van der Waals surface area contributed by atoms with Crippen molar-refractivity contribution >= 4 is 5.97 Å². The minimum atomic E-state index is -1.34. The van der Waals surface area contributed by atoms with Gasteiger partial charge in [0.05, 0.1) is 0 Å². The highest BCUT2D eigenvalue weighted by Crippen LogP contribution is 2.58. The molecule has 3 aliphatic rings. The van der Waals surface area contributed by atoms with Crippen LogP contribution >= 0.6 is 0 Å². The van der Waals surface area contributed by atoms with Crippen molar-refractivity contribution < 1.29 is 14.6 Å². The smallest absolute Gasteiger partial charge is 0.336 e. The molecule has 0 bridgehead atoms. The van der Waals surface area contributed by atoms with Crippen molar-refractivity contribution in [2.75, 3.05) is 0 Å². The molecule has 1 N–H and O–H groups in total. The van der Waals surface area contributed by atoms with Crippen molar-refractivity contribution in [3.05, 3.63) is 23.3 Å². The summed E-state index contributed by atoms with van der Waals surface area (Å²) in [6.07, 6.45) is 4.50. The van der Waals surface area contributed by atoms with Crippen LogP contribution in [0.3, 0.4) is 0 Å². The molecule has 0 saturated heterocycles. The van der Waals surface area contributed by atoms with Crippen LogP contribution in [-0.4, -0.2) is 16.9 Å². The van der Waals surface area contributed by atoms with Crippen molar-refractivity contribution in [3.8, 4) is 0 Å². The Bertz CT molecular complexity index is 476. The standard InChI is InChI=1S/C15H20O3/c1-9-5-4-6-14(3)8-15(17)12(7-11(9)14)10(2)13(16)18-15/h11,17H,1,4-8H2,2-3H3. The first-order valence-corrected chi connectivity index (χ1v) is 6.69. The third-order valence-corrected chi connectivity index (χ3v) is 5.12. The SMILES string of the molecule is C=C1CCCC2(C)CC3(O)OC(=O)C(C)=C3CC12. The van der Waals surface area contributed by atoms with Gasteiger partial charge < -0.3 is 9.84 Å². The van der Waals surface area contributed by atoms with Gasteiger partial charge in [-0.2, -0.15) is 0 Å². The number of aliphatic hydroxyl groups is 1. The molecule has 1 heterocycles. The monoisotopic (exact) mass is 248 g/mol. The van der Waals surface area contributed by atoms with E-state index >= 15 is 0 Å². The molecule has 3 unspecified atom stereocenters. The molecular weight excluding hydrogens is 228 g/mol. The fraction of sp³-hybridized carbons (Fsp3) is 0.667. The molecule has 18 heavy (non-hydrogen) atoms. The Morgan fingerprint density at radius 3 is 2.94 bits per heavy atom. The first-order valence-electron chi connectivity index (χ1n) is 6.69. The van der Waals surface area contributed by atoms with Crippen molar-refractivity contribution in [1.82, 2.24) is 0 Å². The number of fused-ring (bicyclic) bond motifs is 2. The van der Waals surface area contributed by atoms with Gasteiger partial charge in [0.2, 0.25) is 5.79 Å². The van der Waals surface area contributed by atoms with Crippen LogP contribution in [0, 0.1) is 11.3 Å². The molecular formula is C15H20O3. The van der Waals surface area contributed by atoms with E-state index in [9.17, 15) is 9.90 Å². The molecule has 0 aromatic heterocycles. The summed E-state index contributed by atoms with van der Waals surface area (Å²) in [6, 6.07) is 0. The Hall–Kier alpha value is -1.09. The molecule has 0 aromatic carbocycles. The van der Waals surface area contributed by atoms with Crippen LogP contribution < -0.4 is 0 Å². The lowest BCUT2D eigenvalue weighted by atomic mass is 9.56. The molecule has 0 amide bonds. The lowest BCUT2D eigenvalue weighted by Crippen LogP contribution is -2.48. The van der Waals surface area contributed by atoms with E-state index in [2.05, 4.69) is 13.5 Å². The van der Waals surface area contributed by atoms with Crippen molar-refractivity contribution in [1.29, 1.82) is 0 Å². The molecule has 98 valence electrons. The van der Waals surface area contributed by atoms with E-state index in [0.717, 1.165) is 31.3 Å². The van der Waals surface area contributed by atoms with E-state index < -0.39 is 5.79 Å². The van der Waals surface area contributed by atoms with Gasteiger partial charge in [0.15, 0.2) is 0 Å². The summed E-state index contributed by atoms with van der Waals surface area (Å²) >= 11 is 0. The molecule has 2 aliphatic carbocycles. The summed E-state index contributed by atoms with van der Waals surface area (Å²) in [5.41, 5.74) is 2.67. The summed E-state index contributed by atoms with van der Waals surface area (Å²) < 4.78 is 5.23. The number of carbonyl (C=O) groups excluding carboxylic acids is 1. The van der Waals surface area contributed by atoms with Crippen LogP contribution in [0.4, 0.5) is 0 Å². The molecule has 3 nitrogen and oxygen atoms in total. The predicted octanol–water partition coefficient (Wildman–Crippen LogP) is 2.70. The third-order valence-electron chi connectivity index (χ3n) is 5.12. The average Bonchev–Trinajstić information content (AvgIpc) is 2.46. The van der Waals surface area contributed by atoms with Gasteiger partial charge in [0, 0.05) is 17.6 Å². The zero-order chi connectivity index (χ0) is 13.1. The highest BCUT2D eigenvalue weighted by atomic mass is 16.7. The molecule has 1 aliphatic heterocycles. The summed E-state index contributed by atoms with van der Waals surface area (Å²) in [6.45, 7) is 8.14. The summed E-state index contributed by atoms with van der Waals surface area (Å²) in [5.74, 6) is -1.32. The number of esters is 1. The van der Waals surface area contributed by atoms with E-state index in [0.29, 0.717) is 17.9 Å². The normalized spacial score (nSPS) is 43.6. The first kappa shape index (κ1) is 12.0. The summed E-state index contributed by atoms with van der Waals surface area (Å²) in [5, 5.41) is 10.6. The Balaban J connectivity index is 2.04. The van der Waals surface area contributed by atoms with Crippen LogP contribution in [0.2, 0.25) is 0 Å². The lowest BCUT2D eigenvalue weighted by molar-refractivity contribution is -0.203. The van der Waals surface area contributed by atoms with Crippen LogP contribution in [0.5, 0.6) is 0 Å². The third kappa shape index (κ3) is 1.43. The van der Waals surface area contributed by atoms with E-state index in [-0.39, 0.29) is 11.4 Å². The molecule has 0 radical (unpaired) electrons. The quantitative estimate of drug-likeness (QED) is 0.529. The van der Waals surface area contributed by atoms with Crippen LogP contribution in [-0.2, 0) is 9.53 Å². The zero-order valence-electron chi connectivity index (χ0n) is 11.1. The highest BCUT2D eigenvalue weighted by Gasteiger charge is 2.56. The number of hydrogen-bond donors (Lipinski definition) is 1. The second-order valence-corrected chi connectivity index (χ2v) is 6.38. The minimum Gasteiger partial charge on any atom is -0.426 e. The number of allylic oxidation sites excluding steroid dienone is 1. The van der Waals surface area contributed by atoms with Crippen molar-refractivity contribution in [2.45, 2.75) is 51.7 Å². The van der Waals surface area contributed by atoms with Gasteiger partial charge in [-0.05, 0) is 43.9 Å². The Morgan fingerprint density at radius 1 is 1.50 bits per heavy atom. The number of ether oxygens (including phenoxy) is 1. The summed E-state index contributed by atoms with van der Waals surface area (Å²) in [7, 11) is 0. The Kier molecular flexibility index (Phi) is 2.31. The van der Waals surface area contributed by atoms with Gasteiger partial charge in [-0.25, -0.2) is 4.79 Å². The first-order chi connectivity index (χ1) is 8.36. The van der Waals surface area contributed by atoms with E-state index in [1.165, 1.54) is 5.57 Å². The molecule has 3 atom stereocenters. The molecule has 2 saturated carbocycles. The zero-order valence-corrected chi connectivity index (χ0v) is 11.1.